The molecule has 2 N–H and O–H groups in total. The zero-order valence-corrected chi connectivity index (χ0v) is 12.9. The summed E-state index contributed by atoms with van der Waals surface area (Å²) in [7, 11) is 2.13. The summed E-state index contributed by atoms with van der Waals surface area (Å²) in [5, 5.41) is 0.814. The lowest BCUT2D eigenvalue weighted by Crippen LogP contribution is -2.45. The van der Waals surface area contributed by atoms with Crippen LogP contribution in [0.3, 0.4) is 0 Å². The van der Waals surface area contributed by atoms with Gasteiger partial charge in [-0.25, -0.2) is 0 Å². The predicted molar refractivity (Wildman–Crippen MR) is 80.1 cm³/mol. The van der Waals surface area contributed by atoms with E-state index in [0.29, 0.717) is 6.54 Å². The van der Waals surface area contributed by atoms with Crippen LogP contribution in [0.5, 0.6) is 0 Å². The van der Waals surface area contributed by atoms with Gasteiger partial charge in [0.25, 0.3) is 0 Å². The molecule has 1 rings (SSSR count). The highest BCUT2D eigenvalue weighted by Gasteiger charge is 2.28. The van der Waals surface area contributed by atoms with Gasteiger partial charge in [0.15, 0.2) is 0 Å². The number of hydrogen-bond donors (Lipinski definition) is 1. The summed E-state index contributed by atoms with van der Waals surface area (Å²) in [5.41, 5.74) is 8.38. The number of benzene rings is 1. The molecule has 0 fully saturated rings. The van der Waals surface area contributed by atoms with Crippen LogP contribution in [0.2, 0.25) is 5.02 Å². The third kappa shape index (κ3) is 3.25. The number of nitrogens with zero attached hydrogens (tertiary/aromatic N) is 1. The third-order valence-electron chi connectivity index (χ3n) is 4.09. The fourth-order valence-corrected chi connectivity index (χ4v) is 2.19. The second-order valence-corrected chi connectivity index (χ2v) is 5.94. The molecule has 0 aliphatic rings. The number of hydrogen-bond acceptors (Lipinski definition) is 2. The topological polar surface area (TPSA) is 29.3 Å². The van der Waals surface area contributed by atoms with Gasteiger partial charge in [-0.3, -0.25) is 4.90 Å². The third-order valence-corrected chi connectivity index (χ3v) is 4.50. The second-order valence-electron chi connectivity index (χ2n) is 5.54. The first kappa shape index (κ1) is 15.5. The van der Waals surface area contributed by atoms with Crippen LogP contribution < -0.4 is 5.73 Å². The van der Waals surface area contributed by atoms with Crippen LogP contribution >= 0.6 is 11.6 Å². The van der Waals surface area contributed by atoms with Crippen LogP contribution in [-0.4, -0.2) is 24.0 Å². The van der Waals surface area contributed by atoms with E-state index >= 15 is 0 Å². The summed E-state index contributed by atoms with van der Waals surface area (Å²) in [4.78, 5) is 2.34. The summed E-state index contributed by atoms with van der Waals surface area (Å²) in [6.45, 7) is 9.30. The summed E-state index contributed by atoms with van der Waals surface area (Å²) in [5.74, 6) is 0. The summed E-state index contributed by atoms with van der Waals surface area (Å²) >= 11 is 6.21. The van der Waals surface area contributed by atoms with Gasteiger partial charge in [0.1, 0.15) is 0 Å². The van der Waals surface area contributed by atoms with Crippen molar-refractivity contribution in [2.24, 2.45) is 5.73 Å². The summed E-state index contributed by atoms with van der Waals surface area (Å²) in [6, 6.07) is 6.43. The van der Waals surface area contributed by atoms with E-state index in [-0.39, 0.29) is 11.6 Å². The monoisotopic (exact) mass is 268 g/mol. The Labute approximate surface area is 116 Å². The lowest BCUT2D eigenvalue weighted by molar-refractivity contribution is 0.100. The maximum Gasteiger partial charge on any atom is 0.0473 e. The Morgan fingerprint density at radius 3 is 2.44 bits per heavy atom. The maximum absolute atomic E-state index is 6.21. The van der Waals surface area contributed by atoms with Crippen molar-refractivity contribution < 1.29 is 0 Å². The lowest BCUT2D eigenvalue weighted by atomic mass is 9.94. The summed E-state index contributed by atoms with van der Waals surface area (Å²) in [6.07, 6.45) is 1.08. The van der Waals surface area contributed by atoms with Gasteiger partial charge in [-0.15, -0.1) is 0 Å². The SMILES string of the molecule is CCC(C)(C)N(C)C(CN)c1ccc(C)c(Cl)c1. The first-order valence-electron chi connectivity index (χ1n) is 6.52. The molecule has 18 heavy (non-hydrogen) atoms. The Balaban J connectivity index is 3.06. The molecule has 1 atom stereocenters. The van der Waals surface area contributed by atoms with Crippen molar-refractivity contribution in [2.45, 2.75) is 45.7 Å². The van der Waals surface area contributed by atoms with E-state index < -0.39 is 0 Å². The van der Waals surface area contributed by atoms with Crippen molar-refractivity contribution >= 4 is 11.6 Å². The van der Waals surface area contributed by atoms with E-state index in [2.05, 4.69) is 44.9 Å². The van der Waals surface area contributed by atoms with Gasteiger partial charge < -0.3 is 5.73 Å². The van der Waals surface area contributed by atoms with Crippen LogP contribution in [-0.2, 0) is 0 Å². The zero-order valence-electron chi connectivity index (χ0n) is 12.1. The highest BCUT2D eigenvalue weighted by Crippen LogP contribution is 2.30. The van der Waals surface area contributed by atoms with Gasteiger partial charge in [-0.05, 0) is 51.4 Å². The Kier molecular flexibility index (Phi) is 5.20. The van der Waals surface area contributed by atoms with Gasteiger partial charge >= 0.3 is 0 Å². The van der Waals surface area contributed by atoms with Crippen LogP contribution in [0, 0.1) is 6.92 Å². The number of nitrogens with two attached hydrogens (primary N) is 1. The fourth-order valence-electron chi connectivity index (χ4n) is 2.01. The first-order valence-corrected chi connectivity index (χ1v) is 6.90. The first-order chi connectivity index (χ1) is 8.33. The molecule has 3 heteroatoms. The van der Waals surface area contributed by atoms with Crippen molar-refractivity contribution in [2.75, 3.05) is 13.6 Å². The zero-order chi connectivity index (χ0) is 13.9. The Morgan fingerprint density at radius 1 is 1.39 bits per heavy atom. The average Bonchev–Trinajstić information content (AvgIpc) is 2.34. The van der Waals surface area contributed by atoms with Crippen molar-refractivity contribution in [1.82, 2.24) is 4.90 Å². The van der Waals surface area contributed by atoms with Crippen LogP contribution in [0.4, 0.5) is 0 Å². The number of aryl methyl sites for hydroxylation is 1. The Morgan fingerprint density at radius 2 is 2.00 bits per heavy atom. The molecule has 1 aromatic rings. The Bertz CT molecular complexity index is 401. The molecule has 1 unspecified atom stereocenters. The Hall–Kier alpha value is -0.570. The molecule has 0 saturated carbocycles. The number of rotatable bonds is 5. The van der Waals surface area contributed by atoms with E-state index in [1.807, 2.05) is 13.0 Å². The fraction of sp³-hybridized carbons (Fsp3) is 0.600. The molecule has 102 valence electrons. The van der Waals surface area contributed by atoms with Crippen LogP contribution in [0.15, 0.2) is 18.2 Å². The van der Waals surface area contributed by atoms with E-state index in [4.69, 9.17) is 17.3 Å². The van der Waals surface area contributed by atoms with Crippen molar-refractivity contribution in [1.29, 1.82) is 0 Å². The standard InChI is InChI=1S/C15H25ClN2/c1-6-15(3,4)18(5)14(10-17)12-8-7-11(2)13(16)9-12/h7-9,14H,6,10,17H2,1-5H3. The molecular formula is C15H25ClN2. The molecule has 0 heterocycles. The molecule has 0 aliphatic carbocycles. The minimum Gasteiger partial charge on any atom is -0.329 e. The van der Waals surface area contributed by atoms with Crippen molar-refractivity contribution in [3.63, 3.8) is 0 Å². The normalized spacial score (nSPS) is 14.0. The molecule has 0 amide bonds. The van der Waals surface area contributed by atoms with Crippen molar-refractivity contribution in [3.05, 3.63) is 34.3 Å². The van der Waals surface area contributed by atoms with Gasteiger partial charge in [-0.1, -0.05) is 30.7 Å². The minimum atomic E-state index is 0.126. The minimum absolute atomic E-state index is 0.126. The molecule has 0 aliphatic heterocycles. The molecule has 0 bridgehead atoms. The lowest BCUT2D eigenvalue weighted by Gasteiger charge is -2.40. The molecule has 0 aromatic heterocycles. The highest BCUT2D eigenvalue weighted by molar-refractivity contribution is 6.31. The molecule has 1 aromatic carbocycles. The molecule has 2 nitrogen and oxygen atoms in total. The van der Waals surface area contributed by atoms with E-state index in [1.165, 1.54) is 5.56 Å². The summed E-state index contributed by atoms with van der Waals surface area (Å²) < 4.78 is 0. The quantitative estimate of drug-likeness (QED) is 0.881. The highest BCUT2D eigenvalue weighted by atomic mass is 35.5. The predicted octanol–water partition coefficient (Wildman–Crippen LogP) is 3.77. The second kappa shape index (κ2) is 6.05. The van der Waals surface area contributed by atoms with Gasteiger partial charge in [0.2, 0.25) is 0 Å². The molecule has 0 radical (unpaired) electrons. The van der Waals surface area contributed by atoms with Gasteiger partial charge in [0.05, 0.1) is 0 Å². The van der Waals surface area contributed by atoms with Gasteiger partial charge in [-0.2, -0.15) is 0 Å². The van der Waals surface area contributed by atoms with E-state index in [1.54, 1.807) is 0 Å². The van der Waals surface area contributed by atoms with Crippen LogP contribution in [0.1, 0.15) is 44.4 Å². The maximum atomic E-state index is 6.21. The average molecular weight is 269 g/mol. The van der Waals surface area contributed by atoms with E-state index in [0.717, 1.165) is 17.0 Å². The number of halogens is 1. The molecule has 0 spiro atoms. The smallest absolute Gasteiger partial charge is 0.0473 e. The largest absolute Gasteiger partial charge is 0.329 e. The van der Waals surface area contributed by atoms with Crippen molar-refractivity contribution in [3.8, 4) is 0 Å². The van der Waals surface area contributed by atoms with E-state index in [9.17, 15) is 0 Å². The van der Waals surface area contributed by atoms with Crippen LogP contribution in [0.25, 0.3) is 0 Å². The molecular weight excluding hydrogens is 244 g/mol. The molecule has 0 saturated heterocycles. The number of likely N-dealkylation sites (N-methyl/N-ethyl adjacent to an activating group) is 1. The van der Waals surface area contributed by atoms with Gasteiger partial charge in [0, 0.05) is 23.1 Å².